The maximum absolute atomic E-state index is 10.6. The number of rotatable bonds is 4. The van der Waals surface area contributed by atoms with Gasteiger partial charge >= 0.3 is 0 Å². The van der Waals surface area contributed by atoms with E-state index >= 15 is 0 Å². The van der Waals surface area contributed by atoms with E-state index in [1.165, 1.54) is 0 Å². The molecule has 3 nitrogen and oxygen atoms in total. The Labute approximate surface area is 152 Å². The molecule has 0 amide bonds. The van der Waals surface area contributed by atoms with Crippen LogP contribution in [0.2, 0.25) is 0 Å². The van der Waals surface area contributed by atoms with Gasteiger partial charge in [0.2, 0.25) is 0 Å². The van der Waals surface area contributed by atoms with Crippen molar-refractivity contribution in [2.75, 3.05) is 7.11 Å². The molecule has 1 aromatic rings. The Morgan fingerprint density at radius 1 is 1.17 bits per heavy atom. The van der Waals surface area contributed by atoms with Gasteiger partial charge in [-0.3, -0.25) is 0 Å². The summed E-state index contributed by atoms with van der Waals surface area (Å²) in [6.07, 6.45) is 4.65. The molecule has 23 heavy (non-hydrogen) atoms. The molecular weight excluding hydrogens is 403 g/mol. The molecule has 0 unspecified atom stereocenters. The summed E-state index contributed by atoms with van der Waals surface area (Å²) in [5.41, 5.74) is 5.11. The second-order valence-corrected chi connectivity index (χ2v) is 6.43. The van der Waals surface area contributed by atoms with Gasteiger partial charge in [-0.15, -0.1) is 0 Å². The summed E-state index contributed by atoms with van der Waals surface area (Å²) in [4.78, 5) is 0. The molecule has 0 aliphatic heterocycles. The van der Waals surface area contributed by atoms with Crippen LogP contribution in [-0.4, -0.2) is 12.2 Å². The van der Waals surface area contributed by atoms with Gasteiger partial charge in [-0.05, 0) is 49.1 Å². The lowest BCUT2D eigenvalue weighted by molar-refractivity contribution is 0.284. The summed E-state index contributed by atoms with van der Waals surface area (Å²) < 4.78 is 10.8. The van der Waals surface area contributed by atoms with E-state index in [9.17, 15) is 5.11 Å². The van der Waals surface area contributed by atoms with E-state index in [1.807, 2.05) is 55.9 Å². The van der Waals surface area contributed by atoms with Crippen LogP contribution in [0, 0.1) is 13.8 Å². The van der Waals surface area contributed by atoms with Gasteiger partial charge in [0, 0.05) is 17.9 Å². The van der Waals surface area contributed by atoms with E-state index in [-0.39, 0.29) is 5.92 Å². The predicted octanol–water partition coefficient (Wildman–Crippen LogP) is 5.83. The number of methoxy groups -OCH3 is 1. The molecule has 0 fully saturated rings. The highest BCUT2D eigenvalue weighted by Crippen LogP contribution is 2.36. The van der Waals surface area contributed by atoms with Crippen LogP contribution >= 0.6 is 23.0 Å². The molecule has 1 N–H and O–H groups in total. The van der Waals surface area contributed by atoms with Gasteiger partial charge in [0.15, 0.2) is 23.0 Å². The van der Waals surface area contributed by atoms with Crippen LogP contribution in [-0.2, 0) is 4.74 Å². The molecule has 1 aliphatic rings. The van der Waals surface area contributed by atoms with Crippen molar-refractivity contribution in [3.63, 3.8) is 0 Å². The van der Waals surface area contributed by atoms with Gasteiger partial charge in [-0.2, -0.15) is 0 Å². The minimum atomic E-state index is 0.0576. The number of hydrogen-bond donors (Lipinski definition) is 1. The fraction of sp³-hybridized carbons (Fsp3) is 0.368. The standard InChI is InChI=1S/C19H23IO3/c1-11-6-7-16(22-5)10-17(18(11)21)14(4)15-8-12(2)19(23-20)13(3)9-15/h6,8-10,14,21H,7H2,1-5H3/t14-/m0/s1. The molecule has 0 saturated carbocycles. The van der Waals surface area contributed by atoms with Gasteiger partial charge in [-0.1, -0.05) is 25.1 Å². The van der Waals surface area contributed by atoms with Crippen LogP contribution in [0.4, 0.5) is 0 Å². The first-order valence-corrected chi connectivity index (χ1v) is 8.51. The van der Waals surface area contributed by atoms with Gasteiger partial charge in [0.25, 0.3) is 0 Å². The highest BCUT2D eigenvalue weighted by atomic mass is 127. The van der Waals surface area contributed by atoms with E-state index in [0.29, 0.717) is 12.2 Å². The van der Waals surface area contributed by atoms with Crippen LogP contribution in [0.1, 0.15) is 42.9 Å². The second kappa shape index (κ2) is 7.43. The molecule has 0 heterocycles. The molecule has 0 radical (unpaired) electrons. The molecule has 1 aromatic carbocycles. The lowest BCUT2D eigenvalue weighted by Crippen LogP contribution is -2.03. The summed E-state index contributed by atoms with van der Waals surface area (Å²) in [6.45, 7) is 8.12. The highest BCUT2D eigenvalue weighted by Gasteiger charge is 2.20. The zero-order valence-corrected chi connectivity index (χ0v) is 16.4. The van der Waals surface area contributed by atoms with Crippen molar-refractivity contribution in [3.05, 3.63) is 63.6 Å². The van der Waals surface area contributed by atoms with Crippen molar-refractivity contribution < 1.29 is 12.9 Å². The fourth-order valence-electron chi connectivity index (χ4n) is 2.89. The largest absolute Gasteiger partial charge is 0.507 e. The smallest absolute Gasteiger partial charge is 0.192 e. The molecule has 1 atom stereocenters. The van der Waals surface area contributed by atoms with Crippen LogP contribution < -0.4 is 3.07 Å². The van der Waals surface area contributed by atoms with Crippen molar-refractivity contribution in [2.24, 2.45) is 0 Å². The van der Waals surface area contributed by atoms with Crippen LogP contribution in [0.5, 0.6) is 5.75 Å². The zero-order chi connectivity index (χ0) is 17.1. The van der Waals surface area contributed by atoms with Gasteiger partial charge in [0.1, 0.15) is 11.5 Å². The predicted molar refractivity (Wildman–Crippen MR) is 102 cm³/mol. The van der Waals surface area contributed by atoms with E-state index in [1.54, 1.807) is 7.11 Å². The third kappa shape index (κ3) is 3.74. The maximum atomic E-state index is 10.6. The van der Waals surface area contributed by atoms with Crippen LogP contribution in [0.3, 0.4) is 0 Å². The number of allylic oxidation sites excluding steroid dienone is 4. The molecule has 4 heteroatoms. The molecule has 124 valence electrons. The van der Waals surface area contributed by atoms with Crippen LogP contribution in [0.25, 0.3) is 0 Å². The third-order valence-corrected chi connectivity index (χ3v) is 4.80. The first-order valence-electron chi connectivity index (χ1n) is 7.63. The fourth-order valence-corrected chi connectivity index (χ4v) is 3.58. The van der Waals surface area contributed by atoms with Crippen molar-refractivity contribution in [2.45, 2.75) is 40.0 Å². The molecule has 0 bridgehead atoms. The molecule has 0 aromatic heterocycles. The number of hydrogen-bond acceptors (Lipinski definition) is 3. The SMILES string of the molecule is COC1=CC([C@@H](C)c2cc(C)c(OI)c(C)c2)=C(O)C(C)=CC1. The van der Waals surface area contributed by atoms with E-state index in [2.05, 4.69) is 19.1 Å². The average Bonchev–Trinajstić information content (AvgIpc) is 2.66. The zero-order valence-electron chi connectivity index (χ0n) is 14.2. The summed E-state index contributed by atoms with van der Waals surface area (Å²) in [5, 5.41) is 10.6. The summed E-state index contributed by atoms with van der Waals surface area (Å²) >= 11 is 1.91. The van der Waals surface area contributed by atoms with Gasteiger partial charge < -0.3 is 12.9 Å². The first-order chi connectivity index (χ1) is 10.9. The molecular formula is C19H23IO3. The molecule has 1 aliphatic carbocycles. The Morgan fingerprint density at radius 2 is 1.78 bits per heavy atom. The Bertz CT molecular complexity index is 676. The van der Waals surface area contributed by atoms with E-state index in [4.69, 9.17) is 7.80 Å². The van der Waals surface area contributed by atoms with Crippen molar-refractivity contribution >= 4 is 23.0 Å². The quantitative estimate of drug-likeness (QED) is 0.616. The number of aryl methyl sites for hydroxylation is 2. The number of aliphatic hydroxyl groups excluding tert-OH is 1. The van der Waals surface area contributed by atoms with Crippen molar-refractivity contribution in [3.8, 4) is 5.75 Å². The lowest BCUT2D eigenvalue weighted by atomic mass is 9.88. The van der Waals surface area contributed by atoms with Crippen LogP contribution in [0.15, 0.2) is 46.9 Å². The van der Waals surface area contributed by atoms with E-state index in [0.717, 1.165) is 39.3 Å². The Hall–Kier alpha value is -1.43. The third-order valence-electron chi connectivity index (χ3n) is 4.36. The normalized spacial score (nSPS) is 16.4. The average molecular weight is 426 g/mol. The van der Waals surface area contributed by atoms with Crippen molar-refractivity contribution in [1.82, 2.24) is 0 Å². The van der Waals surface area contributed by atoms with Crippen molar-refractivity contribution in [1.29, 1.82) is 0 Å². The second-order valence-electron chi connectivity index (χ2n) is 5.99. The summed E-state index contributed by atoms with van der Waals surface area (Å²) in [7, 11) is 1.67. The Morgan fingerprint density at radius 3 is 2.30 bits per heavy atom. The van der Waals surface area contributed by atoms with Gasteiger partial charge in [0.05, 0.1) is 12.9 Å². The number of halogens is 1. The number of aliphatic hydroxyl groups is 1. The monoisotopic (exact) mass is 426 g/mol. The number of ether oxygens (including phenoxy) is 1. The minimum absolute atomic E-state index is 0.0576. The molecule has 0 spiro atoms. The topological polar surface area (TPSA) is 38.7 Å². The Kier molecular flexibility index (Phi) is 5.79. The van der Waals surface area contributed by atoms with E-state index < -0.39 is 0 Å². The lowest BCUT2D eigenvalue weighted by Gasteiger charge is -2.18. The maximum Gasteiger partial charge on any atom is 0.192 e. The Balaban J connectivity index is 2.52. The molecule has 0 saturated heterocycles. The van der Waals surface area contributed by atoms with Gasteiger partial charge in [-0.25, -0.2) is 0 Å². The highest BCUT2D eigenvalue weighted by molar-refractivity contribution is 14.1. The number of benzene rings is 1. The summed E-state index contributed by atoms with van der Waals surface area (Å²) in [6, 6.07) is 4.24. The first kappa shape index (κ1) is 17.9. The molecule has 2 rings (SSSR count). The minimum Gasteiger partial charge on any atom is -0.507 e. The summed E-state index contributed by atoms with van der Waals surface area (Å²) in [5.74, 6) is 2.16.